The molecule has 0 saturated carbocycles. The molecule has 6 aromatic carbocycles. The molecule has 1 N–H and O–H groups in total. The minimum Gasteiger partial charge on any atom is -0.394 e. The molecule has 2 aliphatic heterocycles. The van der Waals surface area contributed by atoms with Gasteiger partial charge in [-0.25, -0.2) is 0 Å². The molecule has 8 rings (SSSR count). The third-order valence-electron chi connectivity index (χ3n) is 11.7. The summed E-state index contributed by atoms with van der Waals surface area (Å²) in [5, 5.41) is 11.0. The van der Waals surface area contributed by atoms with E-state index in [1.165, 1.54) is 0 Å². The Morgan fingerprint density at radius 3 is 0.924 bits per heavy atom. The highest BCUT2D eigenvalue weighted by Crippen LogP contribution is 2.35. The van der Waals surface area contributed by atoms with Crippen molar-refractivity contribution in [3.8, 4) is 0 Å². The minimum absolute atomic E-state index is 0.0368. The number of ether oxygens (including phenoxy) is 10. The van der Waals surface area contributed by atoms with Crippen LogP contribution in [0.1, 0.15) is 33.4 Å². The lowest BCUT2D eigenvalue weighted by Crippen LogP contribution is -2.64. The van der Waals surface area contributed by atoms with E-state index in [0.29, 0.717) is 6.61 Å². The van der Waals surface area contributed by atoms with Crippen molar-refractivity contribution in [1.82, 2.24) is 0 Å². The van der Waals surface area contributed by atoms with Crippen molar-refractivity contribution in [2.75, 3.05) is 20.3 Å². The molecular weight excluding hydrogens is 837 g/mol. The average Bonchev–Trinajstić information content (AvgIpc) is 3.38. The van der Waals surface area contributed by atoms with Gasteiger partial charge < -0.3 is 52.5 Å². The zero-order valence-corrected chi connectivity index (χ0v) is 37.3. The molecule has 346 valence electrons. The summed E-state index contributed by atoms with van der Waals surface area (Å²) in [5.41, 5.74) is 5.85. The zero-order valence-electron chi connectivity index (χ0n) is 37.3. The predicted molar refractivity (Wildman–Crippen MR) is 247 cm³/mol. The first-order valence-electron chi connectivity index (χ1n) is 22.6. The van der Waals surface area contributed by atoms with E-state index >= 15 is 0 Å². The Morgan fingerprint density at radius 1 is 0.333 bits per heavy atom. The molecule has 0 spiro atoms. The van der Waals surface area contributed by atoms with Crippen LogP contribution in [0.2, 0.25) is 0 Å². The van der Waals surface area contributed by atoms with Crippen molar-refractivity contribution in [3.63, 3.8) is 0 Å². The fourth-order valence-corrected chi connectivity index (χ4v) is 8.29. The number of benzene rings is 6. The van der Waals surface area contributed by atoms with Crippen LogP contribution in [0.5, 0.6) is 0 Å². The molecule has 0 amide bonds. The Morgan fingerprint density at radius 2 is 0.606 bits per heavy atom. The largest absolute Gasteiger partial charge is 0.394 e. The van der Waals surface area contributed by atoms with Gasteiger partial charge in [0.2, 0.25) is 0 Å². The third kappa shape index (κ3) is 13.3. The van der Waals surface area contributed by atoms with Crippen LogP contribution in [0.25, 0.3) is 0 Å². The molecule has 10 atom stereocenters. The van der Waals surface area contributed by atoms with Gasteiger partial charge in [0.1, 0.15) is 48.8 Å². The highest BCUT2D eigenvalue weighted by atomic mass is 16.7. The number of aliphatic hydroxyl groups is 1. The number of rotatable bonds is 23. The fraction of sp³-hybridized carbons (Fsp3) is 0.345. The van der Waals surface area contributed by atoms with Crippen LogP contribution in [0.3, 0.4) is 0 Å². The molecule has 11 heteroatoms. The fourth-order valence-electron chi connectivity index (χ4n) is 8.29. The molecule has 11 nitrogen and oxygen atoms in total. The second kappa shape index (κ2) is 25.1. The molecule has 6 aromatic rings. The lowest BCUT2D eigenvalue weighted by Gasteiger charge is -2.47. The minimum atomic E-state index is -1.04. The Balaban J connectivity index is 1.10. The number of methoxy groups -OCH3 is 1. The summed E-state index contributed by atoms with van der Waals surface area (Å²) in [7, 11) is 1.59. The van der Waals surface area contributed by atoms with Gasteiger partial charge in [-0.3, -0.25) is 0 Å². The van der Waals surface area contributed by atoms with Crippen molar-refractivity contribution in [2.45, 2.75) is 101 Å². The number of aliphatic hydroxyl groups excluding tert-OH is 1. The molecule has 0 radical (unpaired) electrons. The molecular formula is C55H60O11. The molecule has 0 aromatic heterocycles. The first-order valence-corrected chi connectivity index (χ1v) is 22.6. The molecule has 2 heterocycles. The third-order valence-corrected chi connectivity index (χ3v) is 11.7. The van der Waals surface area contributed by atoms with Gasteiger partial charge in [0, 0.05) is 7.11 Å². The lowest BCUT2D eigenvalue weighted by atomic mass is 9.97. The summed E-state index contributed by atoms with van der Waals surface area (Å²) in [4.78, 5) is 0. The van der Waals surface area contributed by atoms with Crippen LogP contribution in [0, 0.1) is 0 Å². The SMILES string of the molecule is CO[C@H]1O[C@H](CO[C@H]2O[C@H](CO)[C@@H](OCc3ccccc3)[C@H](OCc3ccccc3)[C@@H]2OCc2ccccc2)[C@@H](OCc2ccccc2)[C@H](OCc2ccccc2)[C@@H]1OCc1ccccc1. The smallest absolute Gasteiger partial charge is 0.187 e. The van der Waals surface area contributed by atoms with Crippen molar-refractivity contribution >= 4 is 0 Å². The summed E-state index contributed by atoms with van der Waals surface area (Å²) in [6, 6.07) is 59.6. The van der Waals surface area contributed by atoms with E-state index in [2.05, 4.69) is 0 Å². The van der Waals surface area contributed by atoms with E-state index in [1.54, 1.807) is 7.11 Å². The maximum absolute atomic E-state index is 11.0. The predicted octanol–water partition coefficient (Wildman–Crippen LogP) is 8.60. The standard InChI is InChI=1S/C55H60O11/c1-57-54-52(62-37-44-28-16-6-17-29-44)51(61-36-43-26-14-5-15-27-43)49(59-34-41-22-10-3-11-23-41)47(66-54)39-64-55-53(63-38-45-30-18-7-19-31-45)50(60-35-42-24-12-4-13-25-42)48(46(32-56)65-55)58-33-40-20-8-2-9-21-40/h2-31,46-56H,32-39H2,1H3/t46-,47-,48-,49-,50+,51+,52+,53+,54+,55+/m1/s1. The van der Waals surface area contributed by atoms with Crippen LogP contribution in [0.15, 0.2) is 182 Å². The molecule has 0 aliphatic carbocycles. The molecule has 66 heavy (non-hydrogen) atoms. The van der Waals surface area contributed by atoms with Gasteiger partial charge in [-0.2, -0.15) is 0 Å². The highest BCUT2D eigenvalue weighted by molar-refractivity contribution is 5.18. The van der Waals surface area contributed by atoms with Gasteiger partial charge in [-0.05, 0) is 33.4 Å². The first-order chi connectivity index (χ1) is 32.6. The summed E-state index contributed by atoms with van der Waals surface area (Å²) in [5.74, 6) is 0. The van der Waals surface area contributed by atoms with Crippen LogP contribution in [-0.2, 0) is 87.0 Å². The number of hydrogen-bond donors (Lipinski definition) is 1. The van der Waals surface area contributed by atoms with E-state index in [9.17, 15) is 5.11 Å². The summed E-state index contributed by atoms with van der Waals surface area (Å²) in [6.07, 6.45) is -7.87. The maximum Gasteiger partial charge on any atom is 0.187 e. The second-order valence-electron chi connectivity index (χ2n) is 16.4. The van der Waals surface area contributed by atoms with Crippen molar-refractivity contribution in [2.24, 2.45) is 0 Å². The van der Waals surface area contributed by atoms with Crippen LogP contribution >= 0.6 is 0 Å². The van der Waals surface area contributed by atoms with E-state index in [1.807, 2.05) is 182 Å². The van der Waals surface area contributed by atoms with Gasteiger partial charge in [-0.1, -0.05) is 182 Å². The van der Waals surface area contributed by atoms with Crippen molar-refractivity contribution in [1.29, 1.82) is 0 Å². The van der Waals surface area contributed by atoms with Gasteiger partial charge in [0.15, 0.2) is 12.6 Å². The van der Waals surface area contributed by atoms with E-state index in [0.717, 1.165) is 33.4 Å². The molecule has 2 fully saturated rings. The van der Waals surface area contributed by atoms with Gasteiger partial charge in [0.05, 0.1) is 52.9 Å². The van der Waals surface area contributed by atoms with Crippen molar-refractivity contribution < 1.29 is 52.5 Å². The molecule has 0 unspecified atom stereocenters. The normalized spacial score (nSPS) is 25.4. The summed E-state index contributed by atoms with van der Waals surface area (Å²) < 4.78 is 67.0. The van der Waals surface area contributed by atoms with Crippen LogP contribution in [0.4, 0.5) is 0 Å². The van der Waals surface area contributed by atoms with Crippen LogP contribution in [-0.4, -0.2) is 86.8 Å². The first kappa shape index (κ1) is 47.4. The number of hydrogen-bond acceptors (Lipinski definition) is 11. The van der Waals surface area contributed by atoms with E-state index in [4.69, 9.17) is 47.4 Å². The highest BCUT2D eigenvalue weighted by Gasteiger charge is 2.52. The quantitative estimate of drug-likeness (QED) is 0.0668. The Kier molecular flexibility index (Phi) is 18.0. The Hall–Kier alpha value is -5.12. The van der Waals surface area contributed by atoms with E-state index < -0.39 is 61.4 Å². The van der Waals surface area contributed by atoms with Crippen LogP contribution < -0.4 is 0 Å². The van der Waals surface area contributed by atoms with Gasteiger partial charge in [0.25, 0.3) is 0 Å². The van der Waals surface area contributed by atoms with Crippen molar-refractivity contribution in [3.05, 3.63) is 215 Å². The monoisotopic (exact) mass is 896 g/mol. The Labute approximate surface area is 388 Å². The topological polar surface area (TPSA) is 113 Å². The summed E-state index contributed by atoms with van der Waals surface area (Å²) >= 11 is 0. The van der Waals surface area contributed by atoms with Gasteiger partial charge in [-0.15, -0.1) is 0 Å². The van der Waals surface area contributed by atoms with E-state index in [-0.39, 0.29) is 46.2 Å². The second-order valence-corrected chi connectivity index (χ2v) is 16.4. The molecule has 2 aliphatic rings. The average molecular weight is 897 g/mol. The Bertz CT molecular complexity index is 2060. The lowest BCUT2D eigenvalue weighted by molar-refractivity contribution is -0.350. The molecule has 2 saturated heterocycles. The molecule has 0 bridgehead atoms. The zero-order chi connectivity index (χ0) is 45.2. The van der Waals surface area contributed by atoms with Gasteiger partial charge >= 0.3 is 0 Å². The maximum atomic E-state index is 11.0. The summed E-state index contributed by atoms with van der Waals surface area (Å²) in [6.45, 7) is 1.21.